The van der Waals surface area contributed by atoms with Crippen LogP contribution in [0.4, 0.5) is 8.78 Å². The maximum absolute atomic E-state index is 14.4. The van der Waals surface area contributed by atoms with Crippen LogP contribution in [0, 0.1) is 0 Å². The lowest BCUT2D eigenvalue weighted by Crippen LogP contribution is -2.18. The Balaban J connectivity index is 1.88. The number of carbonyl (C=O) groups excluding carboxylic acids is 2. The van der Waals surface area contributed by atoms with E-state index in [1.165, 1.54) is 42.8 Å². The number of nitrogens with zero attached hydrogens (tertiary/aromatic N) is 2. The Kier molecular flexibility index (Phi) is 8.40. The molecule has 1 heterocycles. The van der Waals surface area contributed by atoms with Crippen LogP contribution in [0.15, 0.2) is 77.7 Å². The zero-order valence-corrected chi connectivity index (χ0v) is 22.5. The molecule has 0 aliphatic rings. The molecule has 208 valence electrons. The summed E-state index contributed by atoms with van der Waals surface area (Å²) < 4.78 is 53.9. The molecule has 3 aromatic carbocycles. The number of benzene rings is 3. The first-order valence-electron chi connectivity index (χ1n) is 12.2. The van der Waals surface area contributed by atoms with Crippen LogP contribution >= 0.6 is 0 Å². The van der Waals surface area contributed by atoms with E-state index >= 15 is 0 Å². The number of aromatic nitrogens is 2. The van der Waals surface area contributed by atoms with Gasteiger partial charge in [-0.2, -0.15) is 5.10 Å². The third-order valence-corrected chi connectivity index (χ3v) is 7.01. The molecular formula is C28H27F2N5O4S. The van der Waals surface area contributed by atoms with Crippen LogP contribution in [0.1, 0.15) is 37.1 Å². The van der Waals surface area contributed by atoms with Gasteiger partial charge in [-0.1, -0.05) is 48.5 Å². The van der Waals surface area contributed by atoms with Gasteiger partial charge in [-0.05, 0) is 41.0 Å². The highest BCUT2D eigenvalue weighted by atomic mass is 32.2. The predicted octanol–water partition coefficient (Wildman–Crippen LogP) is 4.06. The fourth-order valence-corrected chi connectivity index (χ4v) is 4.64. The molecule has 1 aromatic heterocycles. The number of amides is 2. The first-order valence-corrected chi connectivity index (χ1v) is 13.7. The summed E-state index contributed by atoms with van der Waals surface area (Å²) in [6, 6.07) is 19.3. The van der Waals surface area contributed by atoms with E-state index < -0.39 is 22.1 Å². The van der Waals surface area contributed by atoms with E-state index in [9.17, 15) is 26.8 Å². The Bertz CT molecular complexity index is 1630. The number of alkyl halides is 2. The number of carbonyl (C=O) groups is 2. The highest BCUT2D eigenvalue weighted by molar-refractivity contribution is 7.89. The number of halogens is 2. The quantitative estimate of drug-likeness (QED) is 0.280. The molecule has 12 heteroatoms. The lowest BCUT2D eigenvalue weighted by molar-refractivity contribution is -0.120. The molecule has 4 rings (SSSR count). The number of rotatable bonds is 9. The largest absolute Gasteiger partial charge is 0.352 e. The van der Waals surface area contributed by atoms with Crippen molar-refractivity contribution < 1.29 is 26.8 Å². The molecule has 4 aromatic rings. The zero-order valence-electron chi connectivity index (χ0n) is 21.7. The van der Waals surface area contributed by atoms with Crippen molar-refractivity contribution in [3.05, 3.63) is 89.6 Å². The molecule has 0 unspecified atom stereocenters. The number of sulfonamides is 1. The molecule has 0 spiro atoms. The number of nitrogens with two attached hydrogens (primary N) is 1. The van der Waals surface area contributed by atoms with E-state index in [0.717, 1.165) is 11.1 Å². The van der Waals surface area contributed by atoms with Gasteiger partial charge >= 0.3 is 0 Å². The molecule has 0 fully saturated rings. The molecule has 0 atom stereocenters. The summed E-state index contributed by atoms with van der Waals surface area (Å²) in [5.74, 6) is -0.380. The van der Waals surface area contributed by atoms with Gasteiger partial charge in [0.15, 0.2) is 0 Å². The van der Waals surface area contributed by atoms with Gasteiger partial charge in [0, 0.05) is 38.1 Å². The van der Waals surface area contributed by atoms with Gasteiger partial charge in [0.1, 0.15) is 5.69 Å². The van der Waals surface area contributed by atoms with Crippen molar-refractivity contribution in [3.63, 3.8) is 0 Å². The van der Waals surface area contributed by atoms with E-state index in [1.807, 2.05) is 0 Å². The van der Waals surface area contributed by atoms with Gasteiger partial charge in [-0.25, -0.2) is 27.0 Å². The fraction of sp³-hybridized carbons (Fsp3) is 0.179. The monoisotopic (exact) mass is 567 g/mol. The van der Waals surface area contributed by atoms with Crippen LogP contribution in [0.5, 0.6) is 0 Å². The number of nitrogens with one attached hydrogen (secondary N) is 2. The molecule has 0 aliphatic heterocycles. The molecule has 2 amide bonds. The smallest absolute Gasteiger partial charge is 0.282 e. The molecule has 9 nitrogen and oxygen atoms in total. The Morgan fingerprint density at radius 3 is 1.75 bits per heavy atom. The zero-order chi connectivity index (χ0) is 29.0. The van der Waals surface area contributed by atoms with Crippen LogP contribution in [0.3, 0.4) is 0 Å². The second kappa shape index (κ2) is 11.8. The summed E-state index contributed by atoms with van der Waals surface area (Å²) in [7, 11) is -3.97. The third-order valence-electron chi connectivity index (χ3n) is 6.08. The van der Waals surface area contributed by atoms with Crippen molar-refractivity contribution in [3.8, 4) is 28.1 Å². The fourth-order valence-electron chi connectivity index (χ4n) is 4.13. The van der Waals surface area contributed by atoms with E-state index in [2.05, 4.69) is 15.7 Å². The Morgan fingerprint density at radius 1 is 0.825 bits per heavy atom. The van der Waals surface area contributed by atoms with Gasteiger partial charge in [0.05, 0.1) is 16.3 Å². The number of primary sulfonamides is 1. The summed E-state index contributed by atoms with van der Waals surface area (Å²) in [6.45, 7) is 3.39. The normalized spacial score (nSPS) is 11.4. The first kappa shape index (κ1) is 28.6. The molecule has 0 saturated heterocycles. The van der Waals surface area contributed by atoms with Gasteiger partial charge in [0.25, 0.3) is 6.43 Å². The molecule has 0 aliphatic carbocycles. The molecular weight excluding hydrogens is 540 g/mol. The predicted molar refractivity (Wildman–Crippen MR) is 146 cm³/mol. The van der Waals surface area contributed by atoms with Crippen molar-refractivity contribution in [2.24, 2.45) is 5.14 Å². The molecule has 0 bridgehead atoms. The molecule has 0 radical (unpaired) electrons. The Hall–Kier alpha value is -4.42. The average Bonchev–Trinajstić information content (AvgIpc) is 3.32. The summed E-state index contributed by atoms with van der Waals surface area (Å²) in [5, 5.41) is 14.9. The lowest BCUT2D eigenvalue weighted by Gasteiger charge is -2.13. The standard InChI is InChI=1S/C28H27F2N5O4S/c1-17(36)32-15-19-3-7-21(8-4-19)25-26(28(29)30)34-35(23-11-5-20(6-12-23)16-33-18(2)37)27(25)22-9-13-24(14-10-22)40(31,38)39/h3-14,28H,15-16H2,1-2H3,(H,32,36)(H,33,37)(H2,31,38,39). The minimum Gasteiger partial charge on any atom is -0.352 e. The summed E-state index contributed by atoms with van der Waals surface area (Å²) >= 11 is 0. The van der Waals surface area contributed by atoms with Gasteiger partial charge in [0.2, 0.25) is 21.8 Å². The minimum absolute atomic E-state index is 0.123. The van der Waals surface area contributed by atoms with Crippen LogP contribution in [-0.4, -0.2) is 30.0 Å². The van der Waals surface area contributed by atoms with Crippen LogP contribution in [0.2, 0.25) is 0 Å². The molecule has 40 heavy (non-hydrogen) atoms. The van der Waals surface area contributed by atoms with E-state index in [-0.39, 0.29) is 28.8 Å². The van der Waals surface area contributed by atoms with E-state index in [4.69, 9.17) is 5.14 Å². The summed E-state index contributed by atoms with van der Waals surface area (Å²) in [5.41, 5.74) is 2.99. The first-order chi connectivity index (χ1) is 18.9. The topological polar surface area (TPSA) is 136 Å². The van der Waals surface area contributed by atoms with Crippen molar-refractivity contribution in [1.29, 1.82) is 0 Å². The lowest BCUT2D eigenvalue weighted by atomic mass is 9.97. The number of hydrogen-bond donors (Lipinski definition) is 3. The van der Waals surface area contributed by atoms with Crippen LogP contribution in [-0.2, 0) is 32.7 Å². The van der Waals surface area contributed by atoms with Crippen molar-refractivity contribution >= 4 is 21.8 Å². The van der Waals surface area contributed by atoms with Crippen LogP contribution < -0.4 is 15.8 Å². The summed E-state index contributed by atoms with van der Waals surface area (Å²) in [4.78, 5) is 22.4. The van der Waals surface area contributed by atoms with Crippen molar-refractivity contribution in [2.75, 3.05) is 0 Å². The van der Waals surface area contributed by atoms with Gasteiger partial charge < -0.3 is 10.6 Å². The van der Waals surface area contributed by atoms with Gasteiger partial charge in [-0.3, -0.25) is 9.59 Å². The van der Waals surface area contributed by atoms with E-state index in [0.29, 0.717) is 29.1 Å². The van der Waals surface area contributed by atoms with E-state index in [1.54, 1.807) is 48.5 Å². The average molecular weight is 568 g/mol. The van der Waals surface area contributed by atoms with Crippen molar-refractivity contribution in [1.82, 2.24) is 20.4 Å². The highest BCUT2D eigenvalue weighted by Crippen LogP contribution is 2.40. The van der Waals surface area contributed by atoms with Crippen molar-refractivity contribution in [2.45, 2.75) is 38.3 Å². The maximum Gasteiger partial charge on any atom is 0.282 e. The summed E-state index contributed by atoms with van der Waals surface area (Å²) in [6.07, 6.45) is -2.92. The second-order valence-corrected chi connectivity index (χ2v) is 10.6. The Morgan fingerprint density at radius 2 is 1.30 bits per heavy atom. The molecule has 4 N–H and O–H groups in total. The highest BCUT2D eigenvalue weighted by Gasteiger charge is 2.27. The molecule has 0 saturated carbocycles. The SMILES string of the molecule is CC(=O)NCc1ccc(-c2c(C(F)F)nn(-c3ccc(CNC(C)=O)cc3)c2-c2ccc(S(N)(=O)=O)cc2)cc1. The minimum atomic E-state index is -3.97. The third kappa shape index (κ3) is 6.58. The van der Waals surface area contributed by atoms with Gasteiger partial charge in [-0.15, -0.1) is 0 Å². The van der Waals surface area contributed by atoms with Crippen LogP contribution in [0.25, 0.3) is 28.1 Å². The Labute approximate surface area is 230 Å². The maximum atomic E-state index is 14.4. The second-order valence-electron chi connectivity index (χ2n) is 9.07. The number of hydrogen-bond acceptors (Lipinski definition) is 5.